The van der Waals surface area contributed by atoms with E-state index in [1.54, 1.807) is 85.8 Å². The third-order valence-corrected chi connectivity index (χ3v) is 8.40. The Balaban J connectivity index is 1.35. The summed E-state index contributed by atoms with van der Waals surface area (Å²) in [5, 5.41) is 14.3. The summed E-state index contributed by atoms with van der Waals surface area (Å²) in [5.41, 5.74) is 2.08. The summed E-state index contributed by atoms with van der Waals surface area (Å²) < 4.78 is 37.2. The minimum Gasteiger partial charge on any atom is -0.462 e. The third-order valence-electron chi connectivity index (χ3n) is 6.38. The minimum absolute atomic E-state index is 0.0526. The highest BCUT2D eigenvalue weighted by Gasteiger charge is 2.18. The Hall–Kier alpha value is -3.69. The Kier molecular flexibility index (Phi) is 10.2. The molecule has 0 unspecified atom stereocenters. The van der Waals surface area contributed by atoms with Gasteiger partial charge in [-0.3, -0.25) is 0 Å². The number of esters is 1. The van der Waals surface area contributed by atoms with Crippen molar-refractivity contribution in [2.45, 2.75) is 42.2 Å². The lowest BCUT2D eigenvalue weighted by Crippen LogP contribution is -2.32. The van der Waals surface area contributed by atoms with Crippen LogP contribution >= 0.6 is 11.6 Å². The molecule has 7 nitrogen and oxygen atoms in total. The van der Waals surface area contributed by atoms with E-state index in [0.717, 1.165) is 11.1 Å². The van der Waals surface area contributed by atoms with E-state index in [0.29, 0.717) is 35.1 Å². The molecule has 0 radical (unpaired) electrons. The van der Waals surface area contributed by atoms with Crippen LogP contribution in [0.25, 0.3) is 0 Å². The molecule has 0 aliphatic rings. The Labute approximate surface area is 245 Å². The van der Waals surface area contributed by atoms with Gasteiger partial charge in [0, 0.05) is 17.6 Å². The summed E-state index contributed by atoms with van der Waals surface area (Å²) in [6.45, 7) is 4.38. The molecule has 2 atom stereocenters. The molecule has 0 saturated heterocycles. The molecule has 4 aromatic carbocycles. The molecule has 0 heterocycles. The number of aliphatic hydroxyl groups is 1. The van der Waals surface area contributed by atoms with E-state index in [-0.39, 0.29) is 22.4 Å². The second-order valence-corrected chi connectivity index (χ2v) is 11.9. The quantitative estimate of drug-likeness (QED) is 0.183. The second kappa shape index (κ2) is 13.8. The molecule has 0 aromatic heterocycles. The van der Waals surface area contributed by atoms with E-state index in [4.69, 9.17) is 21.1 Å². The lowest BCUT2D eigenvalue weighted by Gasteiger charge is -2.18. The highest BCUT2D eigenvalue weighted by molar-refractivity contribution is 7.91. The van der Waals surface area contributed by atoms with Gasteiger partial charge in [0.25, 0.3) is 0 Å². The zero-order valence-corrected chi connectivity index (χ0v) is 24.4. The molecule has 4 aromatic rings. The fraction of sp³-hybridized carbons (Fsp3) is 0.219. The summed E-state index contributed by atoms with van der Waals surface area (Å²) in [4.78, 5) is 12.3. The van der Waals surface area contributed by atoms with Crippen molar-refractivity contribution in [3.63, 3.8) is 0 Å². The lowest BCUT2D eigenvalue weighted by molar-refractivity contribution is 0.0526. The maximum atomic E-state index is 13.2. The van der Waals surface area contributed by atoms with Gasteiger partial charge in [0.15, 0.2) is 0 Å². The summed E-state index contributed by atoms with van der Waals surface area (Å²) >= 11 is 6.01. The Morgan fingerprint density at radius 1 is 0.902 bits per heavy atom. The van der Waals surface area contributed by atoms with Gasteiger partial charge in [-0.1, -0.05) is 41.9 Å². The number of benzene rings is 4. The number of aliphatic hydroxyl groups excluding tert-OH is 1. The van der Waals surface area contributed by atoms with Crippen LogP contribution < -0.4 is 10.1 Å². The normalized spacial score (nSPS) is 12.9. The average Bonchev–Trinajstić information content (AvgIpc) is 2.97. The van der Waals surface area contributed by atoms with Gasteiger partial charge in [0.1, 0.15) is 11.5 Å². The SMILES string of the molecule is CCOC(=O)c1cccc(Oc2ccc(S(=O)(=O)c3ccc(C[C@@H](C)NC[C@@H](O)c4cccc(Cl)c4)cc3)cc2)c1. The van der Waals surface area contributed by atoms with Crippen LogP contribution in [-0.4, -0.2) is 38.7 Å². The molecular weight excluding hydrogens is 562 g/mol. The fourth-order valence-corrected chi connectivity index (χ4v) is 5.69. The van der Waals surface area contributed by atoms with E-state index in [1.807, 2.05) is 13.0 Å². The molecule has 0 saturated carbocycles. The van der Waals surface area contributed by atoms with Gasteiger partial charge in [-0.05, 0) is 98.1 Å². The van der Waals surface area contributed by atoms with Gasteiger partial charge in [-0.25, -0.2) is 13.2 Å². The number of hydrogen-bond acceptors (Lipinski definition) is 7. The van der Waals surface area contributed by atoms with Gasteiger partial charge in [0.05, 0.1) is 28.1 Å². The van der Waals surface area contributed by atoms with E-state index < -0.39 is 21.9 Å². The monoisotopic (exact) mass is 593 g/mol. The topological polar surface area (TPSA) is 102 Å². The number of sulfone groups is 1. The summed E-state index contributed by atoms with van der Waals surface area (Å²) in [6.07, 6.45) is -0.0263. The van der Waals surface area contributed by atoms with E-state index in [9.17, 15) is 18.3 Å². The van der Waals surface area contributed by atoms with Crippen LogP contribution in [0.15, 0.2) is 107 Å². The van der Waals surface area contributed by atoms with E-state index in [2.05, 4.69) is 5.32 Å². The third kappa shape index (κ3) is 8.17. The molecule has 2 N–H and O–H groups in total. The van der Waals surface area contributed by atoms with Gasteiger partial charge < -0.3 is 19.9 Å². The van der Waals surface area contributed by atoms with Crippen molar-refractivity contribution in [2.24, 2.45) is 0 Å². The highest BCUT2D eigenvalue weighted by atomic mass is 35.5. The van der Waals surface area contributed by atoms with E-state index >= 15 is 0 Å². The molecule has 0 spiro atoms. The molecule has 4 rings (SSSR count). The average molecular weight is 594 g/mol. The van der Waals surface area contributed by atoms with Crippen LogP contribution in [0.3, 0.4) is 0 Å². The first kappa shape index (κ1) is 30.3. The minimum atomic E-state index is -3.73. The molecule has 0 aliphatic heterocycles. The largest absolute Gasteiger partial charge is 0.462 e. The van der Waals surface area contributed by atoms with Gasteiger partial charge in [0.2, 0.25) is 9.84 Å². The van der Waals surface area contributed by atoms with Crippen LogP contribution in [0.2, 0.25) is 5.02 Å². The van der Waals surface area contributed by atoms with E-state index in [1.165, 1.54) is 12.1 Å². The standard InChI is InChI=1S/C32H32ClNO6S/c1-3-39-32(36)25-7-5-9-28(20-25)40-27-12-16-30(17-13-27)41(37,38)29-14-10-23(11-15-29)18-22(2)34-21-31(35)24-6-4-8-26(33)19-24/h4-17,19-20,22,31,34-35H,3,18,21H2,1-2H3/t22-,31-/m1/s1. The fourth-order valence-electron chi connectivity index (χ4n) is 4.23. The van der Waals surface area contributed by atoms with Crippen molar-refractivity contribution in [3.8, 4) is 11.5 Å². The van der Waals surface area contributed by atoms with Crippen molar-refractivity contribution < 1.29 is 27.8 Å². The second-order valence-electron chi connectivity index (χ2n) is 9.55. The van der Waals surface area contributed by atoms with Crippen molar-refractivity contribution in [2.75, 3.05) is 13.2 Å². The summed E-state index contributed by atoms with van der Waals surface area (Å²) in [6, 6.07) is 26.7. The predicted octanol–water partition coefficient (Wildman–Crippen LogP) is 6.40. The number of carbonyl (C=O) groups excluding carboxylic acids is 1. The molecule has 0 fully saturated rings. The first-order valence-electron chi connectivity index (χ1n) is 13.2. The molecule has 41 heavy (non-hydrogen) atoms. The van der Waals surface area contributed by atoms with Gasteiger partial charge >= 0.3 is 5.97 Å². The number of rotatable bonds is 12. The number of nitrogens with one attached hydrogen (secondary N) is 1. The molecule has 0 bridgehead atoms. The smallest absolute Gasteiger partial charge is 0.338 e. The first-order valence-corrected chi connectivity index (χ1v) is 15.1. The number of hydrogen-bond donors (Lipinski definition) is 2. The molecular formula is C32H32ClNO6S. The summed E-state index contributed by atoms with van der Waals surface area (Å²) in [7, 11) is -3.73. The number of carbonyl (C=O) groups is 1. The maximum Gasteiger partial charge on any atom is 0.338 e. The van der Waals surface area contributed by atoms with Crippen LogP contribution in [0.1, 0.15) is 41.4 Å². The first-order chi connectivity index (χ1) is 19.7. The number of ether oxygens (including phenoxy) is 2. The zero-order valence-electron chi connectivity index (χ0n) is 22.8. The van der Waals surface area contributed by atoms with Crippen LogP contribution in [0.5, 0.6) is 11.5 Å². The van der Waals surface area contributed by atoms with Gasteiger partial charge in [-0.2, -0.15) is 0 Å². The predicted molar refractivity (Wildman–Crippen MR) is 158 cm³/mol. The van der Waals surface area contributed by atoms with Crippen molar-refractivity contribution in [1.82, 2.24) is 5.32 Å². The summed E-state index contributed by atoms with van der Waals surface area (Å²) in [5.74, 6) is 0.426. The number of halogens is 1. The highest BCUT2D eigenvalue weighted by Crippen LogP contribution is 2.27. The Morgan fingerprint density at radius 2 is 1.56 bits per heavy atom. The lowest BCUT2D eigenvalue weighted by atomic mass is 10.1. The van der Waals surface area contributed by atoms with Gasteiger partial charge in [-0.15, -0.1) is 0 Å². The molecule has 9 heteroatoms. The van der Waals surface area contributed by atoms with Crippen molar-refractivity contribution in [1.29, 1.82) is 0 Å². The zero-order chi connectivity index (χ0) is 29.4. The van der Waals surface area contributed by atoms with Crippen LogP contribution in [-0.2, 0) is 21.0 Å². The molecule has 0 amide bonds. The Morgan fingerprint density at radius 3 is 2.22 bits per heavy atom. The van der Waals surface area contributed by atoms with Crippen molar-refractivity contribution >= 4 is 27.4 Å². The molecule has 0 aliphatic carbocycles. The Bertz CT molecular complexity index is 1570. The van der Waals surface area contributed by atoms with Crippen LogP contribution in [0, 0.1) is 0 Å². The van der Waals surface area contributed by atoms with Crippen LogP contribution in [0.4, 0.5) is 0 Å². The van der Waals surface area contributed by atoms with Crippen molar-refractivity contribution in [3.05, 3.63) is 119 Å². The molecule has 214 valence electrons. The maximum absolute atomic E-state index is 13.2.